The number of hydrogen-bond acceptors (Lipinski definition) is 6. The van der Waals surface area contributed by atoms with Crippen LogP contribution in [-0.2, 0) is 6.18 Å². The van der Waals surface area contributed by atoms with Gasteiger partial charge in [-0.1, -0.05) is 0 Å². The van der Waals surface area contributed by atoms with Gasteiger partial charge < -0.3 is 4.74 Å². The van der Waals surface area contributed by atoms with Crippen molar-refractivity contribution >= 4 is 11.5 Å². The molecule has 0 aliphatic heterocycles. The zero-order valence-corrected chi connectivity index (χ0v) is 11.5. The average Bonchev–Trinajstić information content (AvgIpc) is 2.46. The minimum Gasteiger partial charge on any atom is -0.430 e. The number of nitro benzene ring substituents is 1. The fourth-order valence-corrected chi connectivity index (χ4v) is 1.60. The molecule has 2 aromatic rings. The minimum atomic E-state index is -4.65. The van der Waals surface area contributed by atoms with Gasteiger partial charge in [-0.2, -0.15) is 13.2 Å². The second-order valence-electron chi connectivity index (χ2n) is 4.35. The van der Waals surface area contributed by atoms with Crippen LogP contribution in [0.25, 0.3) is 0 Å². The Morgan fingerprint density at radius 3 is 2.39 bits per heavy atom. The van der Waals surface area contributed by atoms with Gasteiger partial charge in [-0.3, -0.25) is 14.9 Å². The van der Waals surface area contributed by atoms with Crippen LogP contribution in [0, 0.1) is 10.1 Å². The molecule has 0 N–H and O–H groups in total. The highest BCUT2D eigenvalue weighted by Gasteiger charge is 2.33. The molecule has 2 rings (SSSR count). The quantitative estimate of drug-likeness (QED) is 0.485. The van der Waals surface area contributed by atoms with E-state index in [1.807, 2.05) is 0 Å². The topological polar surface area (TPSA) is 95.2 Å². The molecule has 0 spiro atoms. The molecule has 120 valence electrons. The van der Waals surface area contributed by atoms with E-state index in [0.29, 0.717) is 6.07 Å². The third-order valence-corrected chi connectivity index (χ3v) is 2.71. The predicted molar refractivity (Wildman–Crippen MR) is 70.2 cm³/mol. The molecule has 0 aliphatic carbocycles. The molecule has 0 amide bonds. The van der Waals surface area contributed by atoms with Crippen LogP contribution in [0.5, 0.6) is 11.6 Å². The molecule has 0 saturated carbocycles. The maximum Gasteiger partial charge on any atom is 0.435 e. The SMILES string of the molecule is CC(=O)c1ccc(Oc2ccc(C(F)(F)F)nn2)c([N+](=O)[O-])c1. The lowest BCUT2D eigenvalue weighted by molar-refractivity contribution is -0.385. The molecular weight excluding hydrogens is 319 g/mol. The number of ether oxygens (including phenoxy) is 1. The van der Waals surface area contributed by atoms with Crippen molar-refractivity contribution in [3.8, 4) is 11.6 Å². The summed E-state index contributed by atoms with van der Waals surface area (Å²) in [5.41, 5.74) is -1.63. The third kappa shape index (κ3) is 3.78. The summed E-state index contributed by atoms with van der Waals surface area (Å²) in [4.78, 5) is 21.5. The number of rotatable bonds is 4. The molecule has 1 heterocycles. The molecule has 23 heavy (non-hydrogen) atoms. The number of carbonyl (C=O) groups is 1. The Kier molecular flexibility index (Phi) is 4.25. The van der Waals surface area contributed by atoms with Gasteiger partial charge >= 0.3 is 11.9 Å². The number of carbonyl (C=O) groups excluding carboxylic acids is 1. The smallest absolute Gasteiger partial charge is 0.430 e. The number of benzene rings is 1. The van der Waals surface area contributed by atoms with Crippen molar-refractivity contribution in [3.05, 3.63) is 51.7 Å². The van der Waals surface area contributed by atoms with E-state index in [4.69, 9.17) is 4.74 Å². The summed E-state index contributed by atoms with van der Waals surface area (Å²) in [7, 11) is 0. The highest BCUT2D eigenvalue weighted by molar-refractivity contribution is 5.95. The summed E-state index contributed by atoms with van der Waals surface area (Å²) >= 11 is 0. The zero-order valence-electron chi connectivity index (χ0n) is 11.5. The summed E-state index contributed by atoms with van der Waals surface area (Å²) in [5.74, 6) is -1.00. The summed E-state index contributed by atoms with van der Waals surface area (Å²) in [6.45, 7) is 1.24. The van der Waals surface area contributed by atoms with Gasteiger partial charge in [-0.05, 0) is 25.1 Å². The van der Waals surface area contributed by atoms with Crippen LogP contribution in [0.15, 0.2) is 30.3 Å². The first kappa shape index (κ1) is 16.3. The minimum absolute atomic E-state index is 0.0996. The van der Waals surface area contributed by atoms with Gasteiger partial charge in [0.1, 0.15) is 0 Å². The first-order valence-corrected chi connectivity index (χ1v) is 6.06. The van der Waals surface area contributed by atoms with Crippen molar-refractivity contribution in [1.29, 1.82) is 0 Å². The number of Topliss-reactive ketones (excluding diaryl/α,β-unsaturated/α-hetero) is 1. The van der Waals surface area contributed by atoms with Gasteiger partial charge in [0.15, 0.2) is 11.5 Å². The fourth-order valence-electron chi connectivity index (χ4n) is 1.60. The molecule has 0 unspecified atom stereocenters. The number of hydrogen-bond donors (Lipinski definition) is 0. The normalized spacial score (nSPS) is 11.1. The number of nitro groups is 1. The number of nitrogens with zero attached hydrogens (tertiary/aromatic N) is 3. The van der Waals surface area contributed by atoms with E-state index in [1.165, 1.54) is 13.0 Å². The lowest BCUT2D eigenvalue weighted by atomic mass is 10.1. The number of aromatic nitrogens is 2. The molecule has 0 fully saturated rings. The molecule has 1 aromatic carbocycles. The lowest BCUT2D eigenvalue weighted by Gasteiger charge is -2.07. The van der Waals surface area contributed by atoms with Crippen LogP contribution in [0.1, 0.15) is 23.0 Å². The molecule has 0 bridgehead atoms. The van der Waals surface area contributed by atoms with Crippen LogP contribution in [0.4, 0.5) is 18.9 Å². The van der Waals surface area contributed by atoms with E-state index in [2.05, 4.69) is 10.2 Å². The van der Waals surface area contributed by atoms with Crippen LogP contribution >= 0.6 is 0 Å². The third-order valence-electron chi connectivity index (χ3n) is 2.71. The first-order chi connectivity index (χ1) is 10.7. The fraction of sp³-hybridized carbons (Fsp3) is 0.154. The second-order valence-corrected chi connectivity index (χ2v) is 4.35. The summed E-state index contributed by atoms with van der Waals surface area (Å²) < 4.78 is 42.2. The zero-order chi connectivity index (χ0) is 17.2. The Morgan fingerprint density at radius 2 is 1.91 bits per heavy atom. The predicted octanol–water partition coefficient (Wildman–Crippen LogP) is 3.40. The van der Waals surface area contributed by atoms with Crippen molar-refractivity contribution in [2.24, 2.45) is 0 Å². The molecule has 0 aliphatic rings. The van der Waals surface area contributed by atoms with E-state index in [1.54, 1.807) is 0 Å². The monoisotopic (exact) mass is 327 g/mol. The van der Waals surface area contributed by atoms with Gasteiger partial charge in [0.2, 0.25) is 11.6 Å². The highest BCUT2D eigenvalue weighted by Crippen LogP contribution is 2.32. The number of alkyl halides is 3. The summed E-state index contributed by atoms with van der Waals surface area (Å²) in [5, 5.41) is 17.2. The Labute approximate surface area is 126 Å². The number of ketones is 1. The molecule has 0 atom stereocenters. The average molecular weight is 327 g/mol. The van der Waals surface area contributed by atoms with Gasteiger partial charge in [-0.25, -0.2) is 0 Å². The second kappa shape index (κ2) is 5.99. The van der Waals surface area contributed by atoms with Crippen LogP contribution in [-0.4, -0.2) is 20.9 Å². The van der Waals surface area contributed by atoms with Crippen molar-refractivity contribution in [2.75, 3.05) is 0 Å². The van der Waals surface area contributed by atoms with Gasteiger partial charge in [0, 0.05) is 17.7 Å². The van der Waals surface area contributed by atoms with Crippen LogP contribution in [0.2, 0.25) is 0 Å². The standard InChI is InChI=1S/C13H8F3N3O4/c1-7(20)8-2-3-10(9(6-8)19(21)22)23-12-5-4-11(17-18-12)13(14,15)16/h2-6H,1H3. The Hall–Kier alpha value is -3.04. The van der Waals surface area contributed by atoms with E-state index >= 15 is 0 Å². The van der Waals surface area contributed by atoms with E-state index in [0.717, 1.165) is 18.2 Å². The van der Waals surface area contributed by atoms with E-state index < -0.39 is 22.5 Å². The summed E-state index contributed by atoms with van der Waals surface area (Å²) in [6.07, 6.45) is -4.65. The van der Waals surface area contributed by atoms with Gasteiger partial charge in [0.25, 0.3) is 0 Å². The van der Waals surface area contributed by atoms with Crippen molar-refractivity contribution in [3.63, 3.8) is 0 Å². The van der Waals surface area contributed by atoms with Gasteiger partial charge in [-0.15, -0.1) is 10.2 Å². The van der Waals surface area contributed by atoms with Crippen molar-refractivity contribution in [1.82, 2.24) is 10.2 Å². The van der Waals surface area contributed by atoms with E-state index in [-0.39, 0.29) is 23.0 Å². The molecule has 7 nitrogen and oxygen atoms in total. The number of halogens is 3. The maximum atomic E-state index is 12.4. The Bertz CT molecular complexity index is 760. The lowest BCUT2D eigenvalue weighted by Crippen LogP contribution is -2.09. The molecule has 1 aromatic heterocycles. The summed E-state index contributed by atoms with van der Waals surface area (Å²) in [6, 6.07) is 4.99. The molecule has 0 radical (unpaired) electrons. The molecule has 0 saturated heterocycles. The van der Waals surface area contributed by atoms with Crippen molar-refractivity contribution in [2.45, 2.75) is 13.1 Å². The molecule has 10 heteroatoms. The molecular formula is C13H8F3N3O4. The van der Waals surface area contributed by atoms with Gasteiger partial charge in [0.05, 0.1) is 4.92 Å². The first-order valence-electron chi connectivity index (χ1n) is 6.06. The maximum absolute atomic E-state index is 12.4. The van der Waals surface area contributed by atoms with E-state index in [9.17, 15) is 28.1 Å². The largest absolute Gasteiger partial charge is 0.435 e. The van der Waals surface area contributed by atoms with Crippen LogP contribution in [0.3, 0.4) is 0 Å². The Balaban J connectivity index is 2.32. The Morgan fingerprint density at radius 1 is 1.22 bits per heavy atom. The van der Waals surface area contributed by atoms with Crippen molar-refractivity contribution < 1.29 is 27.6 Å². The van der Waals surface area contributed by atoms with Crippen LogP contribution < -0.4 is 4.74 Å². The highest BCUT2D eigenvalue weighted by atomic mass is 19.4.